The number of hydrogen-bond acceptors (Lipinski definition) is 5. The Hall–Kier alpha value is -2.54. The third-order valence-electron chi connectivity index (χ3n) is 2.97. The maximum absolute atomic E-state index is 12.9. The summed E-state index contributed by atoms with van der Waals surface area (Å²) in [4.78, 5) is 4.19. The Morgan fingerprint density at radius 1 is 1.24 bits per heavy atom. The van der Waals surface area contributed by atoms with Crippen LogP contribution in [0.15, 0.2) is 41.1 Å². The lowest BCUT2D eigenvalue weighted by molar-refractivity contribution is 0.469. The summed E-state index contributed by atoms with van der Waals surface area (Å²) in [5.74, 6) is 0.819. The topological polar surface area (TPSA) is 82.8 Å². The highest BCUT2D eigenvalue weighted by Crippen LogP contribution is 2.20. The number of nitrogens with zero attached hydrogens (tertiary/aromatic N) is 4. The molecule has 0 amide bonds. The first-order valence-electron chi connectivity index (χ1n) is 6.54. The average molecular weight is 287 g/mol. The molecular weight excluding hydrogens is 273 g/mol. The molecule has 0 aliphatic carbocycles. The van der Waals surface area contributed by atoms with Crippen molar-refractivity contribution in [1.29, 1.82) is 0 Å². The van der Waals surface area contributed by atoms with Gasteiger partial charge in [0.2, 0.25) is 5.89 Å². The number of halogens is 1. The lowest BCUT2D eigenvalue weighted by Gasteiger charge is -1.96. The molecule has 0 radical (unpaired) electrons. The SMILES string of the molecule is NCCc1cn(Cc2ncc(-c3ccc(F)cc3)o2)nn1. The fourth-order valence-corrected chi connectivity index (χ4v) is 1.95. The highest BCUT2D eigenvalue weighted by molar-refractivity contribution is 5.55. The Balaban J connectivity index is 1.73. The Bertz CT molecular complexity index is 719. The molecule has 0 atom stereocenters. The second-order valence-electron chi connectivity index (χ2n) is 4.57. The van der Waals surface area contributed by atoms with E-state index in [1.54, 1.807) is 23.0 Å². The Kier molecular flexibility index (Phi) is 3.74. The minimum absolute atomic E-state index is 0.284. The fraction of sp³-hybridized carbons (Fsp3) is 0.214. The first-order chi connectivity index (χ1) is 10.2. The third-order valence-corrected chi connectivity index (χ3v) is 2.97. The molecule has 0 spiro atoms. The molecule has 3 aromatic rings. The van der Waals surface area contributed by atoms with Crippen molar-refractivity contribution in [3.05, 3.63) is 54.1 Å². The van der Waals surface area contributed by atoms with Gasteiger partial charge < -0.3 is 10.2 Å². The summed E-state index contributed by atoms with van der Waals surface area (Å²) in [5.41, 5.74) is 7.08. The Morgan fingerprint density at radius 2 is 2.05 bits per heavy atom. The summed E-state index contributed by atoms with van der Waals surface area (Å²) >= 11 is 0. The van der Waals surface area contributed by atoms with Gasteiger partial charge in [0, 0.05) is 18.2 Å². The number of benzene rings is 1. The van der Waals surface area contributed by atoms with Crippen molar-refractivity contribution in [1.82, 2.24) is 20.0 Å². The second-order valence-corrected chi connectivity index (χ2v) is 4.57. The van der Waals surface area contributed by atoms with Crippen molar-refractivity contribution in [2.45, 2.75) is 13.0 Å². The second kappa shape index (κ2) is 5.84. The molecule has 0 saturated heterocycles. The molecule has 0 fully saturated rings. The summed E-state index contributed by atoms with van der Waals surface area (Å²) in [6, 6.07) is 6.06. The van der Waals surface area contributed by atoms with Gasteiger partial charge in [-0.05, 0) is 30.8 Å². The summed E-state index contributed by atoms with van der Waals surface area (Å²) in [6.45, 7) is 0.922. The molecule has 0 bridgehead atoms. The number of hydrogen-bond donors (Lipinski definition) is 1. The zero-order valence-electron chi connectivity index (χ0n) is 11.2. The summed E-state index contributed by atoms with van der Waals surface area (Å²) in [6.07, 6.45) is 4.11. The van der Waals surface area contributed by atoms with E-state index in [0.29, 0.717) is 31.2 Å². The molecule has 21 heavy (non-hydrogen) atoms. The van der Waals surface area contributed by atoms with Gasteiger partial charge in [-0.15, -0.1) is 5.10 Å². The van der Waals surface area contributed by atoms with E-state index in [9.17, 15) is 4.39 Å². The lowest BCUT2D eigenvalue weighted by Crippen LogP contribution is -2.02. The van der Waals surface area contributed by atoms with E-state index in [1.165, 1.54) is 12.1 Å². The van der Waals surface area contributed by atoms with E-state index < -0.39 is 0 Å². The maximum atomic E-state index is 12.9. The summed E-state index contributed by atoms with van der Waals surface area (Å²) < 4.78 is 20.2. The van der Waals surface area contributed by atoms with Gasteiger partial charge in [-0.25, -0.2) is 14.1 Å². The molecule has 1 aromatic carbocycles. The number of nitrogens with two attached hydrogens (primary N) is 1. The number of aromatic nitrogens is 4. The van der Waals surface area contributed by atoms with Crippen LogP contribution >= 0.6 is 0 Å². The average Bonchev–Trinajstić information content (AvgIpc) is 3.11. The first-order valence-corrected chi connectivity index (χ1v) is 6.54. The van der Waals surface area contributed by atoms with E-state index in [-0.39, 0.29) is 5.82 Å². The zero-order chi connectivity index (χ0) is 14.7. The van der Waals surface area contributed by atoms with E-state index in [4.69, 9.17) is 10.2 Å². The van der Waals surface area contributed by atoms with Crippen LogP contribution in [0.2, 0.25) is 0 Å². The molecule has 0 aliphatic rings. The van der Waals surface area contributed by atoms with Crippen LogP contribution in [0.1, 0.15) is 11.6 Å². The molecule has 2 heterocycles. The third kappa shape index (κ3) is 3.14. The van der Waals surface area contributed by atoms with Crippen molar-refractivity contribution >= 4 is 0 Å². The standard InChI is InChI=1S/C14H14FN5O/c15-11-3-1-10(2-4-11)13-7-17-14(21-13)9-20-8-12(5-6-16)18-19-20/h1-4,7-8H,5-6,9,16H2. The van der Waals surface area contributed by atoms with Gasteiger partial charge in [-0.2, -0.15) is 0 Å². The molecular formula is C14H14FN5O. The van der Waals surface area contributed by atoms with E-state index >= 15 is 0 Å². The molecule has 0 aliphatic heterocycles. The van der Waals surface area contributed by atoms with Crippen molar-refractivity contribution in [2.75, 3.05) is 6.54 Å². The normalized spacial score (nSPS) is 11.0. The monoisotopic (exact) mass is 287 g/mol. The van der Waals surface area contributed by atoms with Gasteiger partial charge in [0.15, 0.2) is 5.76 Å². The van der Waals surface area contributed by atoms with E-state index in [0.717, 1.165) is 11.3 Å². The van der Waals surface area contributed by atoms with Gasteiger partial charge in [0.05, 0.1) is 11.9 Å². The molecule has 2 N–H and O–H groups in total. The molecule has 7 heteroatoms. The molecule has 6 nitrogen and oxygen atoms in total. The van der Waals surface area contributed by atoms with Gasteiger partial charge >= 0.3 is 0 Å². The molecule has 0 unspecified atom stereocenters. The minimum atomic E-state index is -0.284. The van der Waals surface area contributed by atoms with Crippen molar-refractivity contribution in [2.24, 2.45) is 5.73 Å². The zero-order valence-corrected chi connectivity index (χ0v) is 11.2. The predicted molar refractivity (Wildman–Crippen MR) is 73.8 cm³/mol. The van der Waals surface area contributed by atoms with Gasteiger partial charge in [0.1, 0.15) is 12.4 Å². The van der Waals surface area contributed by atoms with Gasteiger partial charge in [-0.1, -0.05) is 5.21 Å². The Labute approximate surface area is 120 Å². The van der Waals surface area contributed by atoms with Gasteiger partial charge in [0.25, 0.3) is 0 Å². The molecule has 2 aromatic heterocycles. The van der Waals surface area contributed by atoms with Crippen LogP contribution in [-0.4, -0.2) is 26.5 Å². The van der Waals surface area contributed by atoms with Crippen LogP contribution < -0.4 is 5.73 Å². The van der Waals surface area contributed by atoms with Crippen molar-refractivity contribution < 1.29 is 8.81 Å². The van der Waals surface area contributed by atoms with Crippen LogP contribution in [0, 0.1) is 5.82 Å². The van der Waals surface area contributed by atoms with Gasteiger partial charge in [-0.3, -0.25) is 0 Å². The predicted octanol–water partition coefficient (Wildman–Crippen LogP) is 1.62. The minimum Gasteiger partial charge on any atom is -0.439 e. The highest BCUT2D eigenvalue weighted by Gasteiger charge is 2.08. The van der Waals surface area contributed by atoms with Crippen LogP contribution in [0.3, 0.4) is 0 Å². The number of rotatable bonds is 5. The lowest BCUT2D eigenvalue weighted by atomic mass is 10.2. The van der Waals surface area contributed by atoms with Crippen LogP contribution in [0.25, 0.3) is 11.3 Å². The van der Waals surface area contributed by atoms with E-state index in [2.05, 4.69) is 15.3 Å². The van der Waals surface area contributed by atoms with E-state index in [1.807, 2.05) is 6.20 Å². The highest BCUT2D eigenvalue weighted by atomic mass is 19.1. The molecule has 108 valence electrons. The van der Waals surface area contributed by atoms with Crippen LogP contribution in [0.5, 0.6) is 0 Å². The molecule has 0 saturated carbocycles. The Morgan fingerprint density at radius 3 is 2.81 bits per heavy atom. The quantitative estimate of drug-likeness (QED) is 0.771. The molecule has 3 rings (SSSR count). The fourth-order valence-electron chi connectivity index (χ4n) is 1.95. The summed E-state index contributed by atoms with van der Waals surface area (Å²) in [7, 11) is 0. The van der Waals surface area contributed by atoms with Crippen molar-refractivity contribution in [3.63, 3.8) is 0 Å². The maximum Gasteiger partial charge on any atom is 0.216 e. The van der Waals surface area contributed by atoms with Crippen molar-refractivity contribution in [3.8, 4) is 11.3 Å². The van der Waals surface area contributed by atoms with Crippen LogP contribution in [0.4, 0.5) is 4.39 Å². The first kappa shape index (κ1) is 13.4. The largest absolute Gasteiger partial charge is 0.439 e. The summed E-state index contributed by atoms with van der Waals surface area (Å²) in [5, 5.41) is 7.98. The smallest absolute Gasteiger partial charge is 0.216 e. The van der Waals surface area contributed by atoms with Crippen LogP contribution in [-0.2, 0) is 13.0 Å². The number of oxazole rings is 1.